The number of rotatable bonds is 4. The third kappa shape index (κ3) is 3.45. The van der Waals surface area contributed by atoms with E-state index in [1.54, 1.807) is 12.4 Å². The molecule has 2 amide bonds. The van der Waals surface area contributed by atoms with E-state index in [0.717, 1.165) is 44.3 Å². The normalized spacial score (nSPS) is 20.3. The van der Waals surface area contributed by atoms with Crippen molar-refractivity contribution < 1.29 is 9.59 Å². The first-order valence-electron chi connectivity index (χ1n) is 9.03. The van der Waals surface area contributed by atoms with Gasteiger partial charge in [-0.1, -0.05) is 6.42 Å². The summed E-state index contributed by atoms with van der Waals surface area (Å²) < 4.78 is 0. The zero-order valence-electron chi connectivity index (χ0n) is 14.6. The lowest BCUT2D eigenvalue weighted by atomic mass is 9.83. The molecule has 0 bridgehead atoms. The summed E-state index contributed by atoms with van der Waals surface area (Å²) in [6.45, 7) is 3.49. The molecule has 1 aliphatic carbocycles. The molecule has 2 fully saturated rings. The van der Waals surface area contributed by atoms with Crippen molar-refractivity contribution >= 4 is 11.8 Å². The number of likely N-dealkylation sites (tertiary alicyclic amines) is 1. The number of carbonyl (C=O) groups excluding carboxylic acids is 2. The van der Waals surface area contributed by atoms with E-state index in [2.05, 4.69) is 4.98 Å². The van der Waals surface area contributed by atoms with Gasteiger partial charge in [-0.05, 0) is 50.3 Å². The zero-order chi connectivity index (χ0) is 17.1. The predicted octanol–water partition coefficient (Wildman–Crippen LogP) is 2.64. The largest absolute Gasteiger partial charge is 0.342 e. The number of hydrogen-bond acceptors (Lipinski definition) is 3. The van der Waals surface area contributed by atoms with Crippen LogP contribution >= 0.6 is 0 Å². The minimum Gasteiger partial charge on any atom is -0.342 e. The number of pyridine rings is 1. The summed E-state index contributed by atoms with van der Waals surface area (Å²) in [5.41, 5.74) is 1.10. The van der Waals surface area contributed by atoms with Gasteiger partial charge in [0, 0.05) is 44.4 Å². The number of carbonyl (C=O) groups is 2. The fraction of sp³-hybridized carbons (Fsp3) is 0.632. The summed E-state index contributed by atoms with van der Waals surface area (Å²) in [7, 11) is 1.87. The van der Waals surface area contributed by atoms with E-state index in [-0.39, 0.29) is 23.8 Å². The summed E-state index contributed by atoms with van der Waals surface area (Å²) in [5, 5.41) is 0. The number of piperidine rings is 1. The summed E-state index contributed by atoms with van der Waals surface area (Å²) in [4.78, 5) is 32.9. The SMILES string of the molecule is C[C@@H](c1ccncc1)N(C)C(=O)C1CCN(C(=O)C2CCC2)CC1. The highest BCUT2D eigenvalue weighted by molar-refractivity contribution is 5.81. The Balaban J connectivity index is 1.53. The smallest absolute Gasteiger partial charge is 0.226 e. The molecule has 1 saturated carbocycles. The molecule has 1 aromatic heterocycles. The number of nitrogens with zero attached hydrogens (tertiary/aromatic N) is 3. The van der Waals surface area contributed by atoms with E-state index in [0.29, 0.717) is 5.91 Å². The third-order valence-electron chi connectivity index (χ3n) is 5.73. The quantitative estimate of drug-likeness (QED) is 0.853. The molecule has 0 N–H and O–H groups in total. The minimum atomic E-state index is 0.0322. The highest BCUT2D eigenvalue weighted by Gasteiger charge is 2.34. The zero-order valence-corrected chi connectivity index (χ0v) is 14.6. The second-order valence-corrected chi connectivity index (χ2v) is 7.13. The third-order valence-corrected chi connectivity index (χ3v) is 5.73. The van der Waals surface area contributed by atoms with Gasteiger partial charge in [0.05, 0.1) is 6.04 Å². The Kier molecular flexibility index (Phi) is 5.17. The van der Waals surface area contributed by atoms with Crippen LogP contribution in [0.1, 0.15) is 50.6 Å². The molecule has 0 spiro atoms. The number of amides is 2. The van der Waals surface area contributed by atoms with Crippen LogP contribution in [0.5, 0.6) is 0 Å². The fourth-order valence-corrected chi connectivity index (χ4v) is 3.60. The highest BCUT2D eigenvalue weighted by Crippen LogP contribution is 2.31. The monoisotopic (exact) mass is 329 g/mol. The van der Waals surface area contributed by atoms with Crippen LogP contribution in [0.15, 0.2) is 24.5 Å². The number of hydrogen-bond donors (Lipinski definition) is 0. The minimum absolute atomic E-state index is 0.0322. The second kappa shape index (κ2) is 7.32. The Hall–Kier alpha value is -1.91. The van der Waals surface area contributed by atoms with Gasteiger partial charge in [-0.3, -0.25) is 14.6 Å². The molecule has 0 unspecified atom stereocenters. The molecule has 1 aliphatic heterocycles. The second-order valence-electron chi connectivity index (χ2n) is 7.13. The van der Waals surface area contributed by atoms with Gasteiger partial charge >= 0.3 is 0 Å². The van der Waals surface area contributed by atoms with E-state index in [4.69, 9.17) is 0 Å². The van der Waals surface area contributed by atoms with E-state index < -0.39 is 0 Å². The molecule has 1 saturated heterocycles. The van der Waals surface area contributed by atoms with E-state index in [9.17, 15) is 9.59 Å². The van der Waals surface area contributed by atoms with Gasteiger partial charge in [0.2, 0.25) is 11.8 Å². The van der Waals surface area contributed by atoms with E-state index >= 15 is 0 Å². The Morgan fingerprint density at radius 3 is 2.29 bits per heavy atom. The van der Waals surface area contributed by atoms with Gasteiger partial charge in [-0.25, -0.2) is 0 Å². The molecule has 2 heterocycles. The molecular formula is C19H27N3O2. The topological polar surface area (TPSA) is 53.5 Å². The van der Waals surface area contributed by atoms with Gasteiger partial charge in [0.15, 0.2) is 0 Å². The molecule has 1 atom stereocenters. The van der Waals surface area contributed by atoms with Crippen molar-refractivity contribution in [1.29, 1.82) is 0 Å². The summed E-state index contributed by atoms with van der Waals surface area (Å²) in [5.74, 6) is 0.789. The van der Waals surface area contributed by atoms with Crippen LogP contribution in [0.4, 0.5) is 0 Å². The molecule has 2 aliphatic rings. The highest BCUT2D eigenvalue weighted by atomic mass is 16.2. The fourth-order valence-electron chi connectivity index (χ4n) is 3.60. The molecule has 130 valence electrons. The Bertz CT molecular complexity index is 578. The standard InChI is InChI=1S/C19H27N3O2/c1-14(15-6-10-20-11-7-15)21(2)18(23)17-8-12-22(13-9-17)19(24)16-4-3-5-16/h6-7,10-11,14,16-17H,3-5,8-9,12-13H2,1-2H3/t14-/m0/s1. The maximum Gasteiger partial charge on any atom is 0.226 e. The molecule has 5 heteroatoms. The maximum absolute atomic E-state index is 12.8. The van der Waals surface area contributed by atoms with Crippen LogP contribution in [0.3, 0.4) is 0 Å². The lowest BCUT2D eigenvalue weighted by Crippen LogP contribution is -2.46. The summed E-state index contributed by atoms with van der Waals surface area (Å²) >= 11 is 0. The van der Waals surface area contributed by atoms with Gasteiger partial charge in [-0.15, -0.1) is 0 Å². The number of aromatic nitrogens is 1. The van der Waals surface area contributed by atoms with Crippen LogP contribution in [-0.4, -0.2) is 46.7 Å². The average molecular weight is 329 g/mol. The molecule has 24 heavy (non-hydrogen) atoms. The Morgan fingerprint density at radius 1 is 1.12 bits per heavy atom. The van der Waals surface area contributed by atoms with Crippen LogP contribution in [0, 0.1) is 11.8 Å². The van der Waals surface area contributed by atoms with Gasteiger partial charge in [0.1, 0.15) is 0 Å². The van der Waals surface area contributed by atoms with E-state index in [1.807, 2.05) is 35.9 Å². The molecule has 0 radical (unpaired) electrons. The van der Waals surface area contributed by atoms with Gasteiger partial charge < -0.3 is 9.80 Å². The van der Waals surface area contributed by atoms with Crippen molar-refractivity contribution in [3.8, 4) is 0 Å². The first kappa shape index (κ1) is 16.9. The predicted molar refractivity (Wildman–Crippen MR) is 92.1 cm³/mol. The Morgan fingerprint density at radius 2 is 1.75 bits per heavy atom. The van der Waals surface area contributed by atoms with Crippen LogP contribution in [0.25, 0.3) is 0 Å². The van der Waals surface area contributed by atoms with Crippen LogP contribution < -0.4 is 0 Å². The molecule has 0 aromatic carbocycles. The van der Waals surface area contributed by atoms with Crippen molar-refractivity contribution in [2.45, 2.75) is 45.1 Å². The van der Waals surface area contributed by atoms with E-state index in [1.165, 1.54) is 6.42 Å². The Labute approximate surface area is 144 Å². The van der Waals surface area contributed by atoms with Gasteiger partial charge in [0.25, 0.3) is 0 Å². The molecule has 5 nitrogen and oxygen atoms in total. The maximum atomic E-state index is 12.8. The van der Waals surface area contributed by atoms with Crippen molar-refractivity contribution in [2.75, 3.05) is 20.1 Å². The van der Waals surface area contributed by atoms with Crippen molar-refractivity contribution in [3.63, 3.8) is 0 Å². The lowest BCUT2D eigenvalue weighted by Gasteiger charge is -2.37. The van der Waals surface area contributed by atoms with Crippen molar-refractivity contribution in [2.24, 2.45) is 11.8 Å². The van der Waals surface area contributed by atoms with Crippen LogP contribution in [-0.2, 0) is 9.59 Å². The van der Waals surface area contributed by atoms with Gasteiger partial charge in [-0.2, -0.15) is 0 Å². The molecule has 1 aromatic rings. The average Bonchev–Trinajstić information content (AvgIpc) is 2.59. The molecular weight excluding hydrogens is 302 g/mol. The molecule has 3 rings (SSSR count). The van der Waals surface area contributed by atoms with Crippen molar-refractivity contribution in [1.82, 2.24) is 14.8 Å². The lowest BCUT2D eigenvalue weighted by molar-refractivity contribution is -0.144. The van der Waals surface area contributed by atoms with Crippen LogP contribution in [0.2, 0.25) is 0 Å². The summed E-state index contributed by atoms with van der Waals surface area (Å²) in [6.07, 6.45) is 8.36. The van der Waals surface area contributed by atoms with Crippen molar-refractivity contribution in [3.05, 3.63) is 30.1 Å². The first-order chi connectivity index (χ1) is 11.6. The summed E-state index contributed by atoms with van der Waals surface area (Å²) in [6, 6.07) is 3.94. The first-order valence-corrected chi connectivity index (χ1v) is 9.03.